The van der Waals surface area contributed by atoms with Crippen LogP contribution in [-0.4, -0.2) is 27.8 Å². The van der Waals surface area contributed by atoms with Crippen LogP contribution in [0.15, 0.2) is 24.3 Å². The lowest BCUT2D eigenvalue weighted by Gasteiger charge is -2.07. The van der Waals surface area contributed by atoms with E-state index in [0.717, 1.165) is 29.8 Å². The predicted molar refractivity (Wildman–Crippen MR) is 96.5 cm³/mol. The van der Waals surface area contributed by atoms with Gasteiger partial charge in [-0.05, 0) is 31.5 Å². The number of aliphatic hydroxyl groups excluding tert-OH is 1. The number of benzene rings is 1. The van der Waals surface area contributed by atoms with Crippen LogP contribution >= 0.6 is 0 Å². The third kappa shape index (κ3) is 5.63. The summed E-state index contributed by atoms with van der Waals surface area (Å²) in [7, 11) is 0. The molecule has 0 aliphatic rings. The summed E-state index contributed by atoms with van der Waals surface area (Å²) in [5, 5.41) is 9.30. The molecule has 0 saturated carbocycles. The van der Waals surface area contributed by atoms with E-state index < -0.39 is 0 Å². The van der Waals surface area contributed by atoms with Gasteiger partial charge in [0, 0.05) is 13.0 Å². The van der Waals surface area contributed by atoms with Gasteiger partial charge in [-0.3, -0.25) is 0 Å². The molecule has 0 saturated heterocycles. The van der Waals surface area contributed by atoms with E-state index in [1.165, 1.54) is 51.4 Å². The monoisotopic (exact) mass is 317 g/mol. The SMILES string of the molecule is NCCCCCCCCCCc1nc2ccccc2n1CCO. The lowest BCUT2D eigenvalue weighted by molar-refractivity contribution is 0.276. The third-order valence-electron chi connectivity index (χ3n) is 4.41. The van der Waals surface area contributed by atoms with Gasteiger partial charge in [0.25, 0.3) is 0 Å². The summed E-state index contributed by atoms with van der Waals surface area (Å²) in [6.07, 6.45) is 11.2. The molecule has 3 N–H and O–H groups in total. The van der Waals surface area contributed by atoms with Crippen LogP contribution in [0.25, 0.3) is 11.0 Å². The lowest BCUT2D eigenvalue weighted by Crippen LogP contribution is -2.07. The van der Waals surface area contributed by atoms with Crippen molar-refractivity contribution >= 4 is 11.0 Å². The molecule has 2 rings (SSSR count). The number of imidazole rings is 1. The number of para-hydroxylation sites is 2. The first-order valence-corrected chi connectivity index (χ1v) is 9.12. The van der Waals surface area contributed by atoms with Crippen LogP contribution in [0.5, 0.6) is 0 Å². The van der Waals surface area contributed by atoms with Crippen LogP contribution in [0.2, 0.25) is 0 Å². The number of unbranched alkanes of at least 4 members (excludes halogenated alkanes) is 7. The number of aryl methyl sites for hydroxylation is 1. The molecule has 0 atom stereocenters. The molecule has 0 aliphatic carbocycles. The van der Waals surface area contributed by atoms with Gasteiger partial charge in [-0.1, -0.05) is 50.7 Å². The Bertz CT molecular complexity index is 565. The molecule has 0 radical (unpaired) electrons. The van der Waals surface area contributed by atoms with E-state index in [1.54, 1.807) is 0 Å². The van der Waals surface area contributed by atoms with Crippen LogP contribution < -0.4 is 5.73 Å². The molecule has 23 heavy (non-hydrogen) atoms. The van der Waals surface area contributed by atoms with E-state index in [2.05, 4.69) is 10.6 Å². The standard InChI is InChI=1S/C19H31N3O/c20-14-10-6-4-2-1-3-5-7-13-19-21-17-11-8-9-12-18(17)22(19)15-16-23/h8-9,11-12,23H,1-7,10,13-16,20H2. The number of hydrogen-bond donors (Lipinski definition) is 2. The van der Waals surface area contributed by atoms with Gasteiger partial charge in [-0.25, -0.2) is 4.98 Å². The minimum atomic E-state index is 0.163. The second-order valence-electron chi connectivity index (χ2n) is 6.26. The lowest BCUT2D eigenvalue weighted by atomic mass is 10.1. The van der Waals surface area contributed by atoms with Gasteiger partial charge in [0.1, 0.15) is 5.82 Å². The normalized spacial score (nSPS) is 11.4. The van der Waals surface area contributed by atoms with Gasteiger partial charge in [-0.2, -0.15) is 0 Å². The maximum atomic E-state index is 9.30. The van der Waals surface area contributed by atoms with E-state index in [4.69, 9.17) is 10.7 Å². The highest BCUT2D eigenvalue weighted by molar-refractivity contribution is 5.75. The second kappa shape index (κ2) is 10.4. The van der Waals surface area contributed by atoms with Gasteiger partial charge in [0.05, 0.1) is 17.6 Å². The smallest absolute Gasteiger partial charge is 0.109 e. The Balaban J connectivity index is 1.73. The first-order chi connectivity index (χ1) is 11.4. The van der Waals surface area contributed by atoms with Crippen molar-refractivity contribution in [2.24, 2.45) is 5.73 Å². The van der Waals surface area contributed by atoms with Crippen LogP contribution in [0, 0.1) is 0 Å². The minimum absolute atomic E-state index is 0.163. The van der Waals surface area contributed by atoms with Gasteiger partial charge in [0.15, 0.2) is 0 Å². The minimum Gasteiger partial charge on any atom is -0.395 e. The Morgan fingerprint density at radius 3 is 2.26 bits per heavy atom. The number of aliphatic hydroxyl groups is 1. The fourth-order valence-corrected chi connectivity index (χ4v) is 3.15. The summed E-state index contributed by atoms with van der Waals surface area (Å²) in [6, 6.07) is 8.19. The predicted octanol–water partition coefficient (Wildman–Crippen LogP) is 3.65. The average Bonchev–Trinajstić information content (AvgIpc) is 2.92. The van der Waals surface area contributed by atoms with E-state index >= 15 is 0 Å². The van der Waals surface area contributed by atoms with Crippen molar-refractivity contribution < 1.29 is 5.11 Å². The van der Waals surface area contributed by atoms with Gasteiger partial charge < -0.3 is 15.4 Å². The van der Waals surface area contributed by atoms with Crippen molar-refractivity contribution in [3.05, 3.63) is 30.1 Å². The zero-order chi connectivity index (χ0) is 16.3. The Kier molecular flexibility index (Phi) is 8.12. The molecule has 2 aromatic rings. The topological polar surface area (TPSA) is 64.1 Å². The average molecular weight is 317 g/mol. The van der Waals surface area contributed by atoms with Crippen molar-refractivity contribution in [1.29, 1.82) is 0 Å². The summed E-state index contributed by atoms with van der Waals surface area (Å²) < 4.78 is 2.17. The van der Waals surface area contributed by atoms with Gasteiger partial charge in [0.2, 0.25) is 0 Å². The molecule has 128 valence electrons. The van der Waals surface area contributed by atoms with Crippen molar-refractivity contribution in [2.45, 2.75) is 64.3 Å². The highest BCUT2D eigenvalue weighted by atomic mass is 16.3. The number of fused-ring (bicyclic) bond motifs is 1. The molecule has 0 bridgehead atoms. The van der Waals surface area contributed by atoms with E-state index in [1.807, 2.05) is 18.2 Å². The molecule has 4 nitrogen and oxygen atoms in total. The zero-order valence-electron chi connectivity index (χ0n) is 14.2. The van der Waals surface area contributed by atoms with Crippen molar-refractivity contribution in [3.8, 4) is 0 Å². The fraction of sp³-hybridized carbons (Fsp3) is 0.632. The highest BCUT2D eigenvalue weighted by Gasteiger charge is 2.09. The Labute approximate surface area is 139 Å². The summed E-state index contributed by atoms with van der Waals surface area (Å²) in [5.41, 5.74) is 7.68. The molecule has 0 aliphatic heterocycles. The van der Waals surface area contributed by atoms with Gasteiger partial charge >= 0.3 is 0 Å². The second-order valence-corrected chi connectivity index (χ2v) is 6.26. The van der Waals surface area contributed by atoms with Crippen LogP contribution in [0.1, 0.15) is 57.2 Å². The van der Waals surface area contributed by atoms with Crippen molar-refractivity contribution in [2.75, 3.05) is 13.2 Å². The van der Waals surface area contributed by atoms with Crippen LogP contribution in [0.4, 0.5) is 0 Å². The summed E-state index contributed by atoms with van der Waals surface area (Å²) in [4.78, 5) is 4.74. The summed E-state index contributed by atoms with van der Waals surface area (Å²) in [5.74, 6) is 1.11. The van der Waals surface area contributed by atoms with Crippen LogP contribution in [-0.2, 0) is 13.0 Å². The van der Waals surface area contributed by atoms with Gasteiger partial charge in [-0.15, -0.1) is 0 Å². The quantitative estimate of drug-likeness (QED) is 0.587. The molecule has 0 fully saturated rings. The number of rotatable bonds is 12. The summed E-state index contributed by atoms with van der Waals surface area (Å²) >= 11 is 0. The molecule has 0 unspecified atom stereocenters. The number of hydrogen-bond acceptors (Lipinski definition) is 3. The molecule has 1 aromatic carbocycles. The first-order valence-electron chi connectivity index (χ1n) is 9.12. The molecule has 1 heterocycles. The first kappa shape index (κ1) is 18.0. The molecule has 1 aromatic heterocycles. The molecule has 4 heteroatoms. The Hall–Kier alpha value is -1.39. The van der Waals surface area contributed by atoms with Crippen LogP contribution in [0.3, 0.4) is 0 Å². The molecule has 0 amide bonds. The maximum Gasteiger partial charge on any atom is 0.109 e. The third-order valence-corrected chi connectivity index (χ3v) is 4.41. The Morgan fingerprint density at radius 1 is 0.913 bits per heavy atom. The van der Waals surface area contributed by atoms with Crippen molar-refractivity contribution in [1.82, 2.24) is 9.55 Å². The van der Waals surface area contributed by atoms with E-state index in [9.17, 15) is 5.11 Å². The summed E-state index contributed by atoms with van der Waals surface area (Å²) in [6.45, 7) is 1.63. The fourth-order valence-electron chi connectivity index (χ4n) is 3.15. The molecular weight excluding hydrogens is 286 g/mol. The zero-order valence-corrected chi connectivity index (χ0v) is 14.2. The number of nitrogens with two attached hydrogens (primary N) is 1. The Morgan fingerprint density at radius 2 is 1.57 bits per heavy atom. The molecular formula is C19H31N3O. The van der Waals surface area contributed by atoms with E-state index in [-0.39, 0.29) is 6.61 Å². The largest absolute Gasteiger partial charge is 0.395 e. The number of nitrogens with zero attached hydrogens (tertiary/aromatic N) is 2. The maximum absolute atomic E-state index is 9.30. The van der Waals surface area contributed by atoms with E-state index in [0.29, 0.717) is 6.54 Å². The highest BCUT2D eigenvalue weighted by Crippen LogP contribution is 2.18. The number of aromatic nitrogens is 2. The molecule has 0 spiro atoms. The van der Waals surface area contributed by atoms with Crippen molar-refractivity contribution in [3.63, 3.8) is 0 Å².